The number of ether oxygens (including phenoxy) is 2. The number of carbonyl (C=O) groups excluding carboxylic acids is 1. The summed E-state index contributed by atoms with van der Waals surface area (Å²) in [7, 11) is 1.65. The van der Waals surface area contributed by atoms with Gasteiger partial charge in [-0.3, -0.25) is 4.79 Å². The van der Waals surface area contributed by atoms with E-state index < -0.39 is 0 Å². The molecule has 0 saturated heterocycles. The van der Waals surface area contributed by atoms with Crippen LogP contribution in [0.2, 0.25) is 0 Å². The zero-order valence-corrected chi connectivity index (χ0v) is 17.2. The summed E-state index contributed by atoms with van der Waals surface area (Å²) in [5, 5.41) is 2.65. The van der Waals surface area contributed by atoms with Gasteiger partial charge in [-0.2, -0.15) is 0 Å². The number of amides is 1. The fourth-order valence-electron chi connectivity index (χ4n) is 2.80. The van der Waals surface area contributed by atoms with Crippen LogP contribution in [-0.4, -0.2) is 36.0 Å². The molecule has 1 amide bonds. The first-order chi connectivity index (χ1) is 13.6. The summed E-state index contributed by atoms with van der Waals surface area (Å²) in [5.74, 6) is 1.57. The number of aromatic nitrogens is 1. The van der Waals surface area contributed by atoms with Crippen LogP contribution < -0.4 is 9.47 Å². The van der Waals surface area contributed by atoms with Crippen LogP contribution in [0, 0.1) is 0 Å². The number of thiazole rings is 1. The van der Waals surface area contributed by atoms with Crippen LogP contribution in [0.15, 0.2) is 53.9 Å². The molecular formula is C22H24N2O3S. The third-order valence-electron chi connectivity index (χ3n) is 4.41. The molecule has 0 N–H and O–H groups in total. The second-order valence-electron chi connectivity index (χ2n) is 6.18. The van der Waals surface area contributed by atoms with Crippen LogP contribution >= 0.6 is 11.3 Å². The molecular weight excluding hydrogens is 372 g/mol. The van der Waals surface area contributed by atoms with Crippen molar-refractivity contribution in [2.75, 3.05) is 20.2 Å². The Morgan fingerprint density at radius 3 is 2.50 bits per heavy atom. The summed E-state index contributed by atoms with van der Waals surface area (Å²) < 4.78 is 11.1. The largest absolute Gasteiger partial charge is 0.497 e. The van der Waals surface area contributed by atoms with Gasteiger partial charge in [0.05, 0.1) is 7.11 Å². The third-order valence-corrected chi connectivity index (χ3v) is 5.31. The lowest BCUT2D eigenvalue weighted by molar-refractivity contribution is 0.0768. The standard InChI is InChI=1S/C22H24N2O3S/c1-4-24(5-2)22(25)20-15-28-21(23-20)17-9-11-18(12-10-17)27-14-16-7-6-8-19(13-16)26-3/h6-13,15H,4-5,14H2,1-3H3. The molecule has 0 aliphatic rings. The Morgan fingerprint density at radius 1 is 1.07 bits per heavy atom. The van der Waals surface area contributed by atoms with Crippen LogP contribution in [0.4, 0.5) is 0 Å². The fourth-order valence-corrected chi connectivity index (χ4v) is 3.60. The van der Waals surface area contributed by atoms with Crippen LogP contribution in [0.3, 0.4) is 0 Å². The lowest BCUT2D eigenvalue weighted by Crippen LogP contribution is -2.30. The summed E-state index contributed by atoms with van der Waals surface area (Å²) in [6.07, 6.45) is 0. The number of carbonyl (C=O) groups is 1. The first-order valence-corrected chi connectivity index (χ1v) is 10.1. The van der Waals surface area contributed by atoms with Crippen molar-refractivity contribution in [1.82, 2.24) is 9.88 Å². The Hall–Kier alpha value is -2.86. The molecule has 0 saturated carbocycles. The smallest absolute Gasteiger partial charge is 0.273 e. The molecule has 146 valence electrons. The van der Waals surface area contributed by atoms with Gasteiger partial charge in [-0.05, 0) is 55.8 Å². The Bertz CT molecular complexity index is 918. The van der Waals surface area contributed by atoms with Crippen molar-refractivity contribution in [3.05, 3.63) is 65.2 Å². The van der Waals surface area contributed by atoms with Gasteiger partial charge in [0, 0.05) is 24.0 Å². The lowest BCUT2D eigenvalue weighted by Gasteiger charge is -2.16. The van der Waals surface area contributed by atoms with Crippen molar-refractivity contribution in [3.63, 3.8) is 0 Å². The predicted octanol–water partition coefficient (Wildman–Crippen LogP) is 4.88. The Morgan fingerprint density at radius 2 is 1.82 bits per heavy atom. The zero-order valence-electron chi connectivity index (χ0n) is 16.3. The molecule has 0 aliphatic carbocycles. The van der Waals surface area contributed by atoms with E-state index in [1.54, 1.807) is 12.0 Å². The number of nitrogens with zero attached hydrogens (tertiary/aromatic N) is 2. The number of benzene rings is 2. The van der Waals surface area contributed by atoms with Crippen LogP contribution in [0.5, 0.6) is 11.5 Å². The van der Waals surface area contributed by atoms with E-state index in [-0.39, 0.29) is 5.91 Å². The van der Waals surface area contributed by atoms with E-state index in [2.05, 4.69) is 4.98 Å². The summed E-state index contributed by atoms with van der Waals surface area (Å²) in [6, 6.07) is 15.6. The molecule has 0 unspecified atom stereocenters. The maximum absolute atomic E-state index is 12.4. The second kappa shape index (κ2) is 9.37. The second-order valence-corrected chi connectivity index (χ2v) is 7.04. The zero-order chi connectivity index (χ0) is 19.9. The van der Waals surface area contributed by atoms with Gasteiger partial charge in [0.1, 0.15) is 28.8 Å². The average Bonchev–Trinajstić information content (AvgIpc) is 3.24. The van der Waals surface area contributed by atoms with Gasteiger partial charge < -0.3 is 14.4 Å². The molecule has 1 heterocycles. The Kier molecular flexibility index (Phi) is 6.66. The highest BCUT2D eigenvalue weighted by molar-refractivity contribution is 7.13. The summed E-state index contributed by atoms with van der Waals surface area (Å²) in [4.78, 5) is 18.7. The first kappa shape index (κ1) is 19.9. The van der Waals surface area contributed by atoms with Crippen LogP contribution in [-0.2, 0) is 6.61 Å². The highest BCUT2D eigenvalue weighted by atomic mass is 32.1. The van der Waals surface area contributed by atoms with Crippen molar-refractivity contribution in [1.29, 1.82) is 0 Å². The Labute approximate surface area is 169 Å². The minimum atomic E-state index is -0.0225. The van der Waals surface area contributed by atoms with Gasteiger partial charge in [0.15, 0.2) is 0 Å². The van der Waals surface area contributed by atoms with Gasteiger partial charge in [-0.15, -0.1) is 11.3 Å². The quantitative estimate of drug-likeness (QED) is 0.545. The molecule has 1 aromatic heterocycles. The van der Waals surface area contributed by atoms with E-state index >= 15 is 0 Å². The van der Waals surface area contributed by atoms with Crippen molar-refractivity contribution in [2.45, 2.75) is 20.5 Å². The molecule has 28 heavy (non-hydrogen) atoms. The fraction of sp³-hybridized carbons (Fsp3) is 0.273. The van der Waals surface area contributed by atoms with Gasteiger partial charge in [0.2, 0.25) is 0 Å². The normalized spacial score (nSPS) is 10.5. The van der Waals surface area contributed by atoms with Gasteiger partial charge in [-0.1, -0.05) is 12.1 Å². The molecule has 5 nitrogen and oxygen atoms in total. The maximum Gasteiger partial charge on any atom is 0.273 e. The van der Waals surface area contributed by atoms with Crippen LogP contribution in [0.1, 0.15) is 29.9 Å². The molecule has 0 aliphatic heterocycles. The van der Waals surface area contributed by atoms with Crippen LogP contribution in [0.25, 0.3) is 10.6 Å². The molecule has 0 bridgehead atoms. The molecule has 0 radical (unpaired) electrons. The molecule has 6 heteroatoms. The third kappa shape index (κ3) is 4.70. The number of methoxy groups -OCH3 is 1. The van der Waals surface area contributed by atoms with Crippen molar-refractivity contribution >= 4 is 17.2 Å². The predicted molar refractivity (Wildman–Crippen MR) is 112 cm³/mol. The average molecular weight is 397 g/mol. The van der Waals surface area contributed by atoms with Crippen molar-refractivity contribution in [3.8, 4) is 22.1 Å². The molecule has 3 rings (SSSR count). The van der Waals surface area contributed by atoms with E-state index in [0.717, 1.165) is 27.6 Å². The van der Waals surface area contributed by atoms with E-state index in [4.69, 9.17) is 9.47 Å². The molecule has 2 aromatic carbocycles. The topological polar surface area (TPSA) is 51.7 Å². The Balaban J connectivity index is 1.65. The van der Waals surface area contributed by atoms with E-state index in [0.29, 0.717) is 25.4 Å². The highest BCUT2D eigenvalue weighted by Gasteiger charge is 2.16. The number of hydrogen-bond donors (Lipinski definition) is 0. The monoisotopic (exact) mass is 396 g/mol. The van der Waals surface area contributed by atoms with Gasteiger partial charge in [-0.25, -0.2) is 4.98 Å². The summed E-state index contributed by atoms with van der Waals surface area (Å²) in [5.41, 5.74) is 2.52. The maximum atomic E-state index is 12.4. The van der Waals surface area contributed by atoms with E-state index in [9.17, 15) is 4.79 Å². The lowest BCUT2D eigenvalue weighted by atomic mass is 10.2. The van der Waals surface area contributed by atoms with Gasteiger partial charge in [0.25, 0.3) is 5.91 Å². The summed E-state index contributed by atoms with van der Waals surface area (Å²) in [6.45, 7) is 5.78. The molecule has 0 fully saturated rings. The van der Waals surface area contributed by atoms with E-state index in [1.165, 1.54) is 11.3 Å². The number of hydrogen-bond acceptors (Lipinski definition) is 5. The van der Waals surface area contributed by atoms with Crippen molar-refractivity contribution in [2.24, 2.45) is 0 Å². The van der Waals surface area contributed by atoms with E-state index in [1.807, 2.05) is 67.8 Å². The minimum absolute atomic E-state index is 0.0225. The molecule has 0 atom stereocenters. The van der Waals surface area contributed by atoms with Crippen molar-refractivity contribution < 1.29 is 14.3 Å². The SMILES string of the molecule is CCN(CC)C(=O)c1csc(-c2ccc(OCc3cccc(OC)c3)cc2)n1. The molecule has 0 spiro atoms. The summed E-state index contributed by atoms with van der Waals surface area (Å²) >= 11 is 1.48. The molecule has 3 aromatic rings. The minimum Gasteiger partial charge on any atom is -0.497 e. The first-order valence-electron chi connectivity index (χ1n) is 9.25. The van der Waals surface area contributed by atoms with Gasteiger partial charge >= 0.3 is 0 Å². The highest BCUT2D eigenvalue weighted by Crippen LogP contribution is 2.26. The number of rotatable bonds is 8.